The second-order valence-corrected chi connectivity index (χ2v) is 6.22. The summed E-state index contributed by atoms with van der Waals surface area (Å²) < 4.78 is 0. The largest absolute Gasteiger partial charge is 0.370 e. The zero-order chi connectivity index (χ0) is 13.1. The zero-order valence-corrected chi connectivity index (χ0v) is 12.1. The van der Waals surface area contributed by atoms with Crippen LogP contribution in [0, 0.1) is 6.92 Å². The second-order valence-electron chi connectivity index (χ2n) is 5.33. The summed E-state index contributed by atoms with van der Waals surface area (Å²) in [6.07, 6.45) is 0. The molecular formula is C12H22N4S. The minimum absolute atomic E-state index is 0.0470. The Balaban J connectivity index is 2.52. The van der Waals surface area contributed by atoms with E-state index in [-0.39, 0.29) is 5.54 Å². The number of aliphatic imine (C=N–C) groups is 1. The number of hydrogen-bond acceptors (Lipinski definition) is 3. The van der Waals surface area contributed by atoms with E-state index in [4.69, 9.17) is 5.73 Å². The second kappa shape index (κ2) is 5.49. The summed E-state index contributed by atoms with van der Waals surface area (Å²) in [5, 5.41) is 6.32. The predicted octanol–water partition coefficient (Wildman–Crippen LogP) is 2.26. The van der Waals surface area contributed by atoms with Crippen LogP contribution < -0.4 is 11.1 Å². The quantitative estimate of drug-likeness (QED) is 0.642. The molecule has 0 aliphatic carbocycles. The van der Waals surface area contributed by atoms with Crippen LogP contribution in [0.5, 0.6) is 0 Å². The Bertz CT molecular complexity index is 389. The Labute approximate surface area is 107 Å². The standard InChI is InChI=1S/C12H22N4S/c1-8(10-15-9(2)7-17-10)6-14-11(13)16-12(3,4)5/h7-8H,6H2,1-5H3,(H3,13,14,16). The van der Waals surface area contributed by atoms with E-state index in [1.54, 1.807) is 11.3 Å². The van der Waals surface area contributed by atoms with Crippen molar-refractivity contribution < 1.29 is 0 Å². The minimum Gasteiger partial charge on any atom is -0.370 e. The SMILES string of the molecule is Cc1csc(C(C)CN=C(N)NC(C)(C)C)n1. The normalized spacial score (nSPS) is 14.8. The first-order chi connectivity index (χ1) is 7.78. The summed E-state index contributed by atoms with van der Waals surface area (Å²) in [6.45, 7) is 11.0. The molecule has 1 heterocycles. The van der Waals surface area contributed by atoms with Gasteiger partial charge in [-0.2, -0.15) is 0 Å². The maximum Gasteiger partial charge on any atom is 0.189 e. The Morgan fingerprint density at radius 2 is 2.24 bits per heavy atom. The van der Waals surface area contributed by atoms with Crippen molar-refractivity contribution in [1.82, 2.24) is 10.3 Å². The highest BCUT2D eigenvalue weighted by molar-refractivity contribution is 7.09. The number of nitrogens with zero attached hydrogens (tertiary/aromatic N) is 2. The summed E-state index contributed by atoms with van der Waals surface area (Å²) >= 11 is 1.68. The molecule has 1 rings (SSSR count). The third-order valence-electron chi connectivity index (χ3n) is 2.10. The van der Waals surface area contributed by atoms with Crippen molar-refractivity contribution in [2.45, 2.75) is 46.1 Å². The molecule has 17 heavy (non-hydrogen) atoms. The molecule has 1 aromatic heterocycles. The molecule has 0 bridgehead atoms. The van der Waals surface area contributed by atoms with E-state index in [1.807, 2.05) is 6.92 Å². The van der Waals surface area contributed by atoms with Crippen molar-refractivity contribution in [2.24, 2.45) is 10.7 Å². The number of hydrogen-bond donors (Lipinski definition) is 2. The van der Waals surface area contributed by atoms with Crippen molar-refractivity contribution in [3.8, 4) is 0 Å². The highest BCUT2D eigenvalue weighted by Crippen LogP contribution is 2.19. The summed E-state index contributed by atoms with van der Waals surface area (Å²) in [5.41, 5.74) is 6.84. The van der Waals surface area contributed by atoms with Crippen molar-refractivity contribution in [1.29, 1.82) is 0 Å². The van der Waals surface area contributed by atoms with Gasteiger partial charge in [0.25, 0.3) is 0 Å². The van der Waals surface area contributed by atoms with Gasteiger partial charge in [0.15, 0.2) is 5.96 Å². The molecule has 0 radical (unpaired) electrons. The van der Waals surface area contributed by atoms with Crippen LogP contribution in [0.3, 0.4) is 0 Å². The van der Waals surface area contributed by atoms with Crippen molar-refractivity contribution in [2.75, 3.05) is 6.54 Å². The molecule has 1 unspecified atom stereocenters. The van der Waals surface area contributed by atoms with Crippen molar-refractivity contribution >= 4 is 17.3 Å². The predicted molar refractivity (Wildman–Crippen MR) is 74.6 cm³/mol. The highest BCUT2D eigenvalue weighted by atomic mass is 32.1. The van der Waals surface area contributed by atoms with Gasteiger partial charge in [-0.1, -0.05) is 6.92 Å². The minimum atomic E-state index is -0.0470. The number of rotatable bonds is 3. The molecule has 0 aliphatic heterocycles. The lowest BCUT2D eigenvalue weighted by Gasteiger charge is -2.21. The molecule has 5 heteroatoms. The molecule has 3 N–H and O–H groups in total. The van der Waals surface area contributed by atoms with Crippen LogP contribution in [0.25, 0.3) is 0 Å². The molecule has 1 aromatic rings. The van der Waals surface area contributed by atoms with Gasteiger partial charge >= 0.3 is 0 Å². The van der Waals surface area contributed by atoms with E-state index in [9.17, 15) is 0 Å². The van der Waals surface area contributed by atoms with Crippen LogP contribution in [0.4, 0.5) is 0 Å². The maximum absolute atomic E-state index is 5.81. The molecule has 0 spiro atoms. The van der Waals surface area contributed by atoms with Crippen LogP contribution in [-0.4, -0.2) is 23.0 Å². The van der Waals surface area contributed by atoms with Crippen molar-refractivity contribution in [3.05, 3.63) is 16.1 Å². The number of guanidine groups is 1. The Hall–Kier alpha value is -1.10. The fourth-order valence-electron chi connectivity index (χ4n) is 1.34. The van der Waals surface area contributed by atoms with Crippen LogP contribution in [0.1, 0.15) is 44.3 Å². The first-order valence-electron chi connectivity index (χ1n) is 5.78. The number of thiazole rings is 1. The van der Waals surface area contributed by atoms with E-state index < -0.39 is 0 Å². The van der Waals surface area contributed by atoms with E-state index >= 15 is 0 Å². The smallest absolute Gasteiger partial charge is 0.189 e. The molecule has 0 fully saturated rings. The molecule has 4 nitrogen and oxygen atoms in total. The number of nitrogens with two attached hydrogens (primary N) is 1. The van der Waals surface area contributed by atoms with Gasteiger partial charge in [-0.15, -0.1) is 11.3 Å². The monoisotopic (exact) mass is 254 g/mol. The molecule has 0 saturated heterocycles. The molecule has 0 aromatic carbocycles. The number of aromatic nitrogens is 1. The molecular weight excluding hydrogens is 232 g/mol. The fraction of sp³-hybridized carbons (Fsp3) is 0.667. The van der Waals surface area contributed by atoms with Gasteiger partial charge < -0.3 is 11.1 Å². The van der Waals surface area contributed by atoms with Crippen molar-refractivity contribution in [3.63, 3.8) is 0 Å². The summed E-state index contributed by atoms with van der Waals surface area (Å²) in [7, 11) is 0. The average Bonchev–Trinajstić information content (AvgIpc) is 2.58. The van der Waals surface area contributed by atoms with Crippen LogP contribution >= 0.6 is 11.3 Å². The summed E-state index contributed by atoms with van der Waals surface area (Å²) in [5.74, 6) is 0.812. The van der Waals surface area contributed by atoms with Gasteiger partial charge in [-0.25, -0.2) is 4.98 Å². The third kappa shape index (κ3) is 5.17. The van der Waals surface area contributed by atoms with E-state index in [0.29, 0.717) is 18.4 Å². The number of nitrogens with one attached hydrogen (secondary N) is 1. The van der Waals surface area contributed by atoms with Gasteiger partial charge in [0.05, 0.1) is 11.6 Å². The van der Waals surface area contributed by atoms with E-state index in [0.717, 1.165) is 10.7 Å². The lowest BCUT2D eigenvalue weighted by Crippen LogP contribution is -2.45. The first kappa shape index (κ1) is 14.0. The third-order valence-corrected chi connectivity index (χ3v) is 3.29. The maximum atomic E-state index is 5.81. The van der Waals surface area contributed by atoms with E-state index in [2.05, 4.69) is 48.4 Å². The lowest BCUT2D eigenvalue weighted by atomic mass is 10.1. The van der Waals surface area contributed by atoms with Crippen LogP contribution in [-0.2, 0) is 0 Å². The lowest BCUT2D eigenvalue weighted by molar-refractivity contribution is 0.507. The molecule has 0 amide bonds. The highest BCUT2D eigenvalue weighted by Gasteiger charge is 2.12. The van der Waals surface area contributed by atoms with Crippen LogP contribution in [0.2, 0.25) is 0 Å². The molecule has 1 atom stereocenters. The summed E-state index contributed by atoms with van der Waals surface area (Å²) in [6, 6.07) is 0. The Kier molecular flexibility index (Phi) is 4.51. The Morgan fingerprint density at radius 1 is 1.59 bits per heavy atom. The fourth-order valence-corrected chi connectivity index (χ4v) is 2.18. The molecule has 96 valence electrons. The van der Waals surface area contributed by atoms with Gasteiger partial charge in [-0.05, 0) is 27.7 Å². The molecule has 0 aliphatic rings. The van der Waals surface area contributed by atoms with Gasteiger partial charge in [0, 0.05) is 22.5 Å². The van der Waals surface area contributed by atoms with Gasteiger partial charge in [-0.3, -0.25) is 4.99 Å². The average molecular weight is 254 g/mol. The molecule has 0 saturated carbocycles. The Morgan fingerprint density at radius 3 is 2.71 bits per heavy atom. The zero-order valence-electron chi connectivity index (χ0n) is 11.2. The summed E-state index contributed by atoms with van der Waals surface area (Å²) in [4.78, 5) is 8.80. The van der Waals surface area contributed by atoms with E-state index in [1.165, 1.54) is 0 Å². The van der Waals surface area contributed by atoms with Gasteiger partial charge in [0.1, 0.15) is 0 Å². The first-order valence-corrected chi connectivity index (χ1v) is 6.66. The number of aryl methyl sites for hydroxylation is 1. The van der Waals surface area contributed by atoms with Crippen LogP contribution in [0.15, 0.2) is 10.4 Å². The van der Waals surface area contributed by atoms with Gasteiger partial charge in [0.2, 0.25) is 0 Å². The topological polar surface area (TPSA) is 63.3 Å².